The van der Waals surface area contributed by atoms with Crippen molar-refractivity contribution in [3.63, 3.8) is 0 Å². The van der Waals surface area contributed by atoms with Crippen molar-refractivity contribution in [2.24, 2.45) is 0 Å². The van der Waals surface area contributed by atoms with Crippen LogP contribution < -0.4 is 9.47 Å². The topological polar surface area (TPSA) is 35.5 Å². The third-order valence-corrected chi connectivity index (χ3v) is 3.04. The van der Waals surface area contributed by atoms with Gasteiger partial charge in [0.1, 0.15) is 31.0 Å². The minimum absolute atomic E-state index is 0.442. The maximum absolute atomic E-state index is 10.7. The van der Waals surface area contributed by atoms with Gasteiger partial charge in [-0.05, 0) is 37.1 Å². The molecule has 0 saturated carbocycles. The number of rotatable bonds is 6. The molecule has 0 aliphatic heterocycles. The van der Waals surface area contributed by atoms with Gasteiger partial charge in [0.2, 0.25) is 0 Å². The second-order valence-electron chi connectivity index (χ2n) is 4.61. The van der Waals surface area contributed by atoms with E-state index < -0.39 is 0 Å². The van der Waals surface area contributed by atoms with E-state index in [4.69, 9.17) is 9.47 Å². The van der Waals surface area contributed by atoms with Gasteiger partial charge in [-0.15, -0.1) is 0 Å². The molecule has 104 valence electrons. The van der Waals surface area contributed by atoms with Gasteiger partial charge in [0.05, 0.1) is 0 Å². The summed E-state index contributed by atoms with van der Waals surface area (Å²) in [6.45, 7) is 4.87. The van der Waals surface area contributed by atoms with E-state index in [1.54, 1.807) is 12.1 Å². The number of carbonyl (C=O) groups is 1. The molecule has 20 heavy (non-hydrogen) atoms. The van der Waals surface area contributed by atoms with Crippen LogP contribution in [0.25, 0.3) is 0 Å². The highest BCUT2D eigenvalue weighted by Gasteiger charge is 2.02. The Bertz CT molecular complexity index is 591. The molecule has 0 fully saturated rings. The van der Waals surface area contributed by atoms with Gasteiger partial charge in [0, 0.05) is 5.56 Å². The molecule has 0 N–H and O–H groups in total. The minimum atomic E-state index is 0.442. The van der Waals surface area contributed by atoms with Crippen LogP contribution in [-0.2, 0) is 0 Å². The Hall–Kier alpha value is -2.29. The average molecular weight is 270 g/mol. The molecule has 0 saturated heterocycles. The molecule has 0 bridgehead atoms. The highest BCUT2D eigenvalue weighted by Crippen LogP contribution is 2.19. The maximum Gasteiger partial charge on any atom is 0.150 e. The number of carbonyl (C=O) groups excluding carboxylic acids is 1. The fourth-order valence-corrected chi connectivity index (χ4v) is 1.87. The molecule has 0 aliphatic rings. The number of aryl methyl sites for hydroxylation is 2. The molecule has 2 aromatic carbocycles. The molecule has 3 heteroatoms. The van der Waals surface area contributed by atoms with Gasteiger partial charge in [-0.2, -0.15) is 0 Å². The van der Waals surface area contributed by atoms with Crippen molar-refractivity contribution in [3.05, 3.63) is 59.2 Å². The summed E-state index contributed by atoms with van der Waals surface area (Å²) in [4.78, 5) is 10.7. The molecule has 2 rings (SSSR count). The van der Waals surface area contributed by atoms with Crippen LogP contribution in [0.5, 0.6) is 11.5 Å². The van der Waals surface area contributed by atoms with E-state index in [0.29, 0.717) is 18.8 Å². The summed E-state index contributed by atoms with van der Waals surface area (Å²) in [5.74, 6) is 1.59. The number of benzene rings is 2. The number of hydrogen-bond acceptors (Lipinski definition) is 3. The van der Waals surface area contributed by atoms with Crippen LogP contribution in [0.4, 0.5) is 0 Å². The summed E-state index contributed by atoms with van der Waals surface area (Å²) in [5, 5.41) is 0. The van der Waals surface area contributed by atoms with Crippen LogP contribution in [0.1, 0.15) is 21.5 Å². The first kappa shape index (κ1) is 14.1. The number of ether oxygens (including phenoxy) is 2. The monoisotopic (exact) mass is 270 g/mol. The highest BCUT2D eigenvalue weighted by atomic mass is 16.5. The van der Waals surface area contributed by atoms with E-state index in [1.165, 1.54) is 0 Å². The van der Waals surface area contributed by atoms with E-state index in [9.17, 15) is 4.79 Å². The zero-order valence-corrected chi connectivity index (χ0v) is 11.8. The van der Waals surface area contributed by atoms with Crippen LogP contribution in [-0.4, -0.2) is 19.5 Å². The first-order valence-corrected chi connectivity index (χ1v) is 6.58. The molecule has 0 heterocycles. The van der Waals surface area contributed by atoms with Gasteiger partial charge in [-0.25, -0.2) is 0 Å². The molecule has 2 aromatic rings. The second-order valence-corrected chi connectivity index (χ2v) is 4.61. The molecule has 0 spiro atoms. The van der Waals surface area contributed by atoms with Gasteiger partial charge >= 0.3 is 0 Å². The summed E-state index contributed by atoms with van der Waals surface area (Å²) in [6.07, 6.45) is 0.816. The van der Waals surface area contributed by atoms with Crippen LogP contribution >= 0.6 is 0 Å². The predicted octanol–water partition coefficient (Wildman–Crippen LogP) is 3.57. The zero-order chi connectivity index (χ0) is 14.4. The third kappa shape index (κ3) is 3.60. The van der Waals surface area contributed by atoms with E-state index in [2.05, 4.69) is 0 Å². The summed E-state index contributed by atoms with van der Waals surface area (Å²) >= 11 is 0. The van der Waals surface area contributed by atoms with Crippen LogP contribution in [0, 0.1) is 13.8 Å². The SMILES string of the molecule is Cc1ccccc1OCCOc1cc(C=O)ccc1C. The Kier molecular flexibility index (Phi) is 4.77. The molecule has 0 atom stereocenters. The second kappa shape index (κ2) is 6.75. The van der Waals surface area contributed by atoms with E-state index in [-0.39, 0.29) is 0 Å². The number of aldehydes is 1. The molecule has 0 radical (unpaired) electrons. The van der Waals surface area contributed by atoms with Crippen molar-refractivity contribution < 1.29 is 14.3 Å². The highest BCUT2D eigenvalue weighted by molar-refractivity contribution is 5.75. The van der Waals surface area contributed by atoms with Gasteiger partial charge in [-0.1, -0.05) is 30.3 Å². The third-order valence-electron chi connectivity index (χ3n) is 3.04. The van der Waals surface area contributed by atoms with Crippen molar-refractivity contribution in [2.75, 3.05) is 13.2 Å². The van der Waals surface area contributed by atoms with Crippen LogP contribution in [0.3, 0.4) is 0 Å². The summed E-state index contributed by atoms with van der Waals surface area (Å²) in [6, 6.07) is 13.3. The minimum Gasteiger partial charge on any atom is -0.490 e. The standard InChI is InChI=1S/C17H18O3/c1-13-5-3-4-6-16(13)19-9-10-20-17-11-15(12-18)8-7-14(17)2/h3-8,11-12H,9-10H2,1-2H3. The van der Waals surface area contributed by atoms with E-state index in [0.717, 1.165) is 28.9 Å². The fourth-order valence-electron chi connectivity index (χ4n) is 1.87. The maximum atomic E-state index is 10.7. The molecular formula is C17H18O3. The zero-order valence-electron chi connectivity index (χ0n) is 11.8. The molecular weight excluding hydrogens is 252 g/mol. The summed E-state index contributed by atoms with van der Waals surface area (Å²) in [5.41, 5.74) is 2.73. The average Bonchev–Trinajstić information content (AvgIpc) is 2.47. The van der Waals surface area contributed by atoms with Crippen molar-refractivity contribution in [3.8, 4) is 11.5 Å². The number of para-hydroxylation sites is 1. The summed E-state index contributed by atoms with van der Waals surface area (Å²) in [7, 11) is 0. The van der Waals surface area contributed by atoms with Gasteiger partial charge in [0.25, 0.3) is 0 Å². The predicted molar refractivity (Wildman–Crippen MR) is 78.7 cm³/mol. The normalized spacial score (nSPS) is 10.1. The number of hydrogen-bond donors (Lipinski definition) is 0. The van der Waals surface area contributed by atoms with Gasteiger partial charge in [0.15, 0.2) is 0 Å². The largest absolute Gasteiger partial charge is 0.490 e. The Labute approximate surface area is 119 Å². The van der Waals surface area contributed by atoms with Crippen LogP contribution in [0.2, 0.25) is 0 Å². The van der Waals surface area contributed by atoms with Crippen molar-refractivity contribution in [1.29, 1.82) is 0 Å². The Morgan fingerprint density at radius 2 is 1.55 bits per heavy atom. The van der Waals surface area contributed by atoms with Crippen molar-refractivity contribution in [2.45, 2.75) is 13.8 Å². The molecule has 0 aliphatic carbocycles. The molecule has 3 nitrogen and oxygen atoms in total. The Morgan fingerprint density at radius 1 is 0.900 bits per heavy atom. The van der Waals surface area contributed by atoms with E-state index in [1.807, 2.05) is 44.2 Å². The Morgan fingerprint density at radius 3 is 2.25 bits per heavy atom. The first-order valence-electron chi connectivity index (χ1n) is 6.58. The Balaban J connectivity index is 1.87. The van der Waals surface area contributed by atoms with Gasteiger partial charge in [-0.3, -0.25) is 4.79 Å². The lowest BCUT2D eigenvalue weighted by Gasteiger charge is -2.11. The fraction of sp³-hybridized carbons (Fsp3) is 0.235. The molecule has 0 aromatic heterocycles. The molecule has 0 unspecified atom stereocenters. The lowest BCUT2D eigenvalue weighted by atomic mass is 10.1. The summed E-state index contributed by atoms with van der Waals surface area (Å²) < 4.78 is 11.3. The van der Waals surface area contributed by atoms with E-state index >= 15 is 0 Å². The lowest BCUT2D eigenvalue weighted by Crippen LogP contribution is -2.10. The smallest absolute Gasteiger partial charge is 0.150 e. The van der Waals surface area contributed by atoms with Crippen molar-refractivity contribution in [1.82, 2.24) is 0 Å². The van der Waals surface area contributed by atoms with Crippen molar-refractivity contribution >= 4 is 6.29 Å². The molecule has 0 amide bonds. The quantitative estimate of drug-likeness (QED) is 0.594. The first-order chi connectivity index (χ1) is 9.70. The lowest BCUT2D eigenvalue weighted by molar-refractivity contribution is 0.112. The van der Waals surface area contributed by atoms with Crippen LogP contribution in [0.15, 0.2) is 42.5 Å². The van der Waals surface area contributed by atoms with Gasteiger partial charge < -0.3 is 9.47 Å².